The zero-order valence-corrected chi connectivity index (χ0v) is 22.9. The molecule has 1 saturated carbocycles. The van der Waals surface area contributed by atoms with Gasteiger partial charge in [0.05, 0.1) is 23.9 Å². The van der Waals surface area contributed by atoms with Crippen molar-refractivity contribution in [3.63, 3.8) is 0 Å². The maximum atomic E-state index is 13.7. The van der Waals surface area contributed by atoms with E-state index in [4.69, 9.17) is 4.74 Å². The predicted octanol–water partition coefficient (Wildman–Crippen LogP) is 4.49. The number of benzene rings is 2. The summed E-state index contributed by atoms with van der Waals surface area (Å²) in [5.74, 6) is 0.167. The Morgan fingerprint density at radius 3 is 2.58 bits per heavy atom. The smallest absolute Gasteiger partial charge is 0.319 e. The van der Waals surface area contributed by atoms with Crippen LogP contribution in [0.1, 0.15) is 61.9 Å². The summed E-state index contributed by atoms with van der Waals surface area (Å²) in [6.07, 6.45) is 5.18. The Balaban J connectivity index is 1.60. The summed E-state index contributed by atoms with van der Waals surface area (Å²) >= 11 is 0. The molecule has 1 aliphatic heterocycles. The lowest BCUT2D eigenvalue weighted by Crippen LogP contribution is -2.49. The van der Waals surface area contributed by atoms with E-state index in [0.717, 1.165) is 32.2 Å². The summed E-state index contributed by atoms with van der Waals surface area (Å²) in [7, 11) is 2.06. The van der Waals surface area contributed by atoms with Gasteiger partial charge in [0.2, 0.25) is 0 Å². The highest BCUT2D eigenvalue weighted by molar-refractivity contribution is 6.01. The summed E-state index contributed by atoms with van der Waals surface area (Å²) in [5, 5.41) is 16.0. The minimum Gasteiger partial charge on any atom is -0.486 e. The van der Waals surface area contributed by atoms with Crippen LogP contribution in [0, 0.1) is 5.92 Å². The largest absolute Gasteiger partial charge is 0.486 e. The number of likely N-dealkylation sites (N-methyl/N-ethyl adjacent to an activating group) is 1. The number of anilines is 1. The number of nitrogens with one attached hydrogen (secondary N) is 2. The molecular formula is C30H42N4O4. The monoisotopic (exact) mass is 522 g/mol. The van der Waals surface area contributed by atoms with E-state index in [1.54, 1.807) is 23.1 Å². The van der Waals surface area contributed by atoms with Crippen molar-refractivity contribution in [2.24, 2.45) is 5.92 Å². The summed E-state index contributed by atoms with van der Waals surface area (Å²) in [6.45, 7) is 5.65. The molecule has 8 nitrogen and oxygen atoms in total. The van der Waals surface area contributed by atoms with E-state index in [1.807, 2.05) is 25.1 Å². The average Bonchev–Trinajstić information content (AvgIpc) is 2.91. The van der Waals surface area contributed by atoms with Crippen molar-refractivity contribution in [1.82, 2.24) is 15.1 Å². The van der Waals surface area contributed by atoms with Gasteiger partial charge in [-0.3, -0.25) is 9.69 Å². The molecule has 0 bridgehead atoms. The lowest BCUT2D eigenvalue weighted by Gasteiger charge is -2.38. The molecule has 4 rings (SSSR count). The van der Waals surface area contributed by atoms with Gasteiger partial charge < -0.3 is 25.4 Å². The second-order valence-corrected chi connectivity index (χ2v) is 10.9. The van der Waals surface area contributed by atoms with E-state index in [-0.39, 0.29) is 42.7 Å². The number of urea groups is 1. The van der Waals surface area contributed by atoms with Crippen LogP contribution >= 0.6 is 0 Å². The van der Waals surface area contributed by atoms with Gasteiger partial charge in [-0.05, 0) is 44.5 Å². The number of fused-ring (bicyclic) bond motifs is 1. The first kappa shape index (κ1) is 27.9. The molecule has 0 saturated heterocycles. The molecule has 0 spiro atoms. The summed E-state index contributed by atoms with van der Waals surface area (Å²) in [5.41, 5.74) is 2.08. The maximum absolute atomic E-state index is 13.7. The Kier molecular flexibility index (Phi) is 9.63. The fourth-order valence-corrected chi connectivity index (χ4v) is 5.42. The third kappa shape index (κ3) is 7.05. The van der Waals surface area contributed by atoms with Crippen LogP contribution in [0.25, 0.3) is 0 Å². The van der Waals surface area contributed by atoms with Gasteiger partial charge in [-0.2, -0.15) is 0 Å². The Morgan fingerprint density at radius 1 is 1.13 bits per heavy atom. The van der Waals surface area contributed by atoms with Crippen LogP contribution in [0.3, 0.4) is 0 Å². The van der Waals surface area contributed by atoms with Crippen LogP contribution in [0.4, 0.5) is 10.5 Å². The standard InChI is InChI=1S/C30H42N4O4/c1-21-17-34(22(2)20-35)29(36)25-15-10-16-26(32-30(37)31-24-13-8-5-9-14-24)28(25)38-27(21)19-33(3)18-23-11-6-4-7-12-23/h4,6-7,10-12,15-16,21-22,24,27,35H,5,8-9,13-14,17-20H2,1-3H3,(H2,31,32,37)/t21-,22-,27+/m0/s1. The van der Waals surface area contributed by atoms with Crippen LogP contribution in [0.15, 0.2) is 48.5 Å². The van der Waals surface area contributed by atoms with Crippen LogP contribution in [-0.2, 0) is 6.54 Å². The normalized spacial score (nSPS) is 21.2. The molecule has 0 radical (unpaired) electrons. The minimum atomic E-state index is -0.343. The molecule has 1 fully saturated rings. The first-order valence-corrected chi connectivity index (χ1v) is 13.9. The SMILES string of the molecule is C[C@H]1CN([C@@H](C)CO)C(=O)c2cccc(NC(=O)NC3CCCCC3)c2O[C@@H]1CN(C)Cc1ccccc1. The lowest BCUT2D eigenvalue weighted by atomic mass is 9.96. The van der Waals surface area contributed by atoms with E-state index < -0.39 is 0 Å². The number of amides is 3. The first-order valence-electron chi connectivity index (χ1n) is 13.9. The van der Waals surface area contributed by atoms with E-state index in [0.29, 0.717) is 30.1 Å². The van der Waals surface area contributed by atoms with Crippen molar-refractivity contribution < 1.29 is 19.4 Å². The Morgan fingerprint density at radius 2 is 1.87 bits per heavy atom. The number of nitrogens with zero attached hydrogens (tertiary/aromatic N) is 2. The molecule has 8 heteroatoms. The second kappa shape index (κ2) is 13.1. The number of aliphatic hydroxyl groups excluding tert-OH is 1. The summed E-state index contributed by atoms with van der Waals surface area (Å²) in [6, 6.07) is 15.1. The maximum Gasteiger partial charge on any atom is 0.319 e. The molecule has 3 atom stereocenters. The highest BCUT2D eigenvalue weighted by Crippen LogP contribution is 2.35. The Hall–Kier alpha value is -3.10. The number of carbonyl (C=O) groups excluding carboxylic acids is 2. The van der Waals surface area contributed by atoms with Gasteiger partial charge in [0, 0.05) is 31.6 Å². The summed E-state index contributed by atoms with van der Waals surface area (Å²) in [4.78, 5) is 30.5. The number of ether oxygens (including phenoxy) is 1. The zero-order chi connectivity index (χ0) is 27.1. The van der Waals surface area contributed by atoms with Gasteiger partial charge in [-0.15, -0.1) is 0 Å². The van der Waals surface area contributed by atoms with Crippen LogP contribution < -0.4 is 15.4 Å². The number of rotatable bonds is 8. The molecule has 38 heavy (non-hydrogen) atoms. The van der Waals surface area contributed by atoms with E-state index in [2.05, 4.69) is 41.6 Å². The fraction of sp³-hybridized carbons (Fsp3) is 0.533. The zero-order valence-electron chi connectivity index (χ0n) is 22.9. The number of hydrogen-bond acceptors (Lipinski definition) is 5. The van der Waals surface area contributed by atoms with Gasteiger partial charge in [-0.1, -0.05) is 62.6 Å². The molecule has 3 N–H and O–H groups in total. The molecule has 2 aromatic carbocycles. The van der Waals surface area contributed by atoms with Crippen molar-refractivity contribution >= 4 is 17.6 Å². The van der Waals surface area contributed by atoms with Gasteiger partial charge in [0.25, 0.3) is 5.91 Å². The topological polar surface area (TPSA) is 94.1 Å². The average molecular weight is 523 g/mol. The minimum absolute atomic E-state index is 0.0107. The van der Waals surface area contributed by atoms with Gasteiger partial charge in [0.15, 0.2) is 5.75 Å². The number of para-hydroxylation sites is 1. The second-order valence-electron chi connectivity index (χ2n) is 10.9. The third-order valence-corrected chi connectivity index (χ3v) is 7.67. The quantitative estimate of drug-likeness (QED) is 0.475. The highest BCUT2D eigenvalue weighted by atomic mass is 16.5. The first-order chi connectivity index (χ1) is 18.4. The van der Waals surface area contributed by atoms with Crippen molar-refractivity contribution in [3.05, 3.63) is 59.7 Å². The molecule has 206 valence electrons. The Bertz CT molecular complexity index is 1070. The lowest BCUT2D eigenvalue weighted by molar-refractivity contribution is 0.0343. The predicted molar refractivity (Wildman–Crippen MR) is 149 cm³/mol. The van der Waals surface area contributed by atoms with E-state index >= 15 is 0 Å². The van der Waals surface area contributed by atoms with E-state index in [9.17, 15) is 14.7 Å². The fourth-order valence-electron chi connectivity index (χ4n) is 5.42. The molecule has 1 heterocycles. The third-order valence-electron chi connectivity index (χ3n) is 7.67. The molecular weight excluding hydrogens is 480 g/mol. The molecule has 1 aliphatic carbocycles. The van der Waals surface area contributed by atoms with Gasteiger partial charge in [0.1, 0.15) is 6.10 Å². The van der Waals surface area contributed by atoms with Gasteiger partial charge >= 0.3 is 6.03 Å². The van der Waals surface area contributed by atoms with Crippen molar-refractivity contribution in [3.8, 4) is 5.75 Å². The van der Waals surface area contributed by atoms with Crippen molar-refractivity contribution in [2.45, 2.75) is 70.7 Å². The Labute approximate surface area is 226 Å². The molecule has 0 unspecified atom stereocenters. The molecule has 3 amide bonds. The number of aliphatic hydroxyl groups is 1. The van der Waals surface area contributed by atoms with Gasteiger partial charge in [-0.25, -0.2) is 4.79 Å². The van der Waals surface area contributed by atoms with Crippen LogP contribution in [0.5, 0.6) is 5.75 Å². The molecule has 2 aromatic rings. The van der Waals surface area contributed by atoms with Crippen LogP contribution in [-0.4, -0.2) is 71.8 Å². The van der Waals surface area contributed by atoms with Crippen molar-refractivity contribution in [1.29, 1.82) is 0 Å². The highest BCUT2D eigenvalue weighted by Gasteiger charge is 2.34. The summed E-state index contributed by atoms with van der Waals surface area (Å²) < 4.78 is 6.62. The molecule has 2 aliphatic rings. The van der Waals surface area contributed by atoms with Crippen molar-refractivity contribution in [2.75, 3.05) is 32.1 Å². The van der Waals surface area contributed by atoms with E-state index in [1.165, 1.54) is 12.0 Å². The van der Waals surface area contributed by atoms with Crippen LogP contribution in [0.2, 0.25) is 0 Å². The number of hydrogen-bond donors (Lipinski definition) is 3. The molecule has 0 aromatic heterocycles. The number of carbonyl (C=O) groups is 2.